The van der Waals surface area contributed by atoms with Crippen molar-refractivity contribution in [3.8, 4) is 0 Å². The average Bonchev–Trinajstić information content (AvgIpc) is 2.30. The second-order valence-electron chi connectivity index (χ2n) is 5.58. The van der Waals surface area contributed by atoms with Gasteiger partial charge in [0.05, 0.1) is 12.2 Å². The molecule has 0 aromatic heterocycles. The molecule has 1 aliphatic heterocycles. The average molecular weight is 227 g/mol. The second kappa shape index (κ2) is 5.48. The smallest absolute Gasteiger partial charge is 0.0541 e. The molecule has 2 aliphatic rings. The molecular formula is C13H25NO2. The predicted octanol–water partition coefficient (Wildman–Crippen LogP) is 1.38. The Morgan fingerprint density at radius 3 is 2.06 bits per heavy atom. The number of hydrogen-bond donors (Lipinski definition) is 2. The van der Waals surface area contributed by atoms with Crippen LogP contribution >= 0.6 is 0 Å². The molecule has 94 valence electrons. The molecule has 0 spiro atoms. The van der Waals surface area contributed by atoms with E-state index in [2.05, 4.69) is 4.90 Å². The fourth-order valence-electron chi connectivity index (χ4n) is 3.19. The van der Waals surface area contributed by atoms with Crippen molar-refractivity contribution < 1.29 is 10.2 Å². The van der Waals surface area contributed by atoms with E-state index in [-0.39, 0.29) is 12.2 Å². The van der Waals surface area contributed by atoms with Crippen molar-refractivity contribution in [1.82, 2.24) is 4.90 Å². The van der Waals surface area contributed by atoms with E-state index in [9.17, 15) is 10.2 Å². The fraction of sp³-hybridized carbons (Fsp3) is 1.00. The minimum Gasteiger partial charge on any atom is -0.393 e. The molecule has 2 fully saturated rings. The van der Waals surface area contributed by atoms with Gasteiger partial charge < -0.3 is 15.1 Å². The van der Waals surface area contributed by atoms with Crippen molar-refractivity contribution >= 4 is 0 Å². The van der Waals surface area contributed by atoms with Gasteiger partial charge in [-0.25, -0.2) is 0 Å². The van der Waals surface area contributed by atoms with Gasteiger partial charge in [-0.3, -0.25) is 0 Å². The van der Waals surface area contributed by atoms with Gasteiger partial charge in [-0.2, -0.15) is 0 Å². The van der Waals surface area contributed by atoms with Crippen LogP contribution in [0.3, 0.4) is 0 Å². The minimum absolute atomic E-state index is 0.0498. The molecule has 2 N–H and O–H groups in total. The van der Waals surface area contributed by atoms with Crippen LogP contribution in [-0.2, 0) is 0 Å². The van der Waals surface area contributed by atoms with Crippen LogP contribution < -0.4 is 0 Å². The molecule has 0 aromatic rings. The van der Waals surface area contributed by atoms with Gasteiger partial charge >= 0.3 is 0 Å². The van der Waals surface area contributed by atoms with Crippen molar-refractivity contribution in [3.05, 3.63) is 0 Å². The minimum atomic E-state index is -0.143. The summed E-state index contributed by atoms with van der Waals surface area (Å²) in [5.41, 5.74) is 0. The zero-order valence-electron chi connectivity index (χ0n) is 10.3. The molecule has 3 nitrogen and oxygen atoms in total. The summed E-state index contributed by atoms with van der Waals surface area (Å²) in [4.78, 5) is 2.57. The lowest BCUT2D eigenvalue weighted by Crippen LogP contribution is -2.45. The highest BCUT2D eigenvalue weighted by Crippen LogP contribution is 2.28. The number of rotatable bonds is 2. The Hall–Kier alpha value is -0.120. The van der Waals surface area contributed by atoms with Crippen molar-refractivity contribution in [2.24, 2.45) is 5.92 Å². The van der Waals surface area contributed by atoms with Gasteiger partial charge in [-0.1, -0.05) is 0 Å². The predicted molar refractivity (Wildman–Crippen MR) is 64.2 cm³/mol. The fourth-order valence-corrected chi connectivity index (χ4v) is 3.19. The van der Waals surface area contributed by atoms with Crippen molar-refractivity contribution in [1.29, 1.82) is 0 Å². The maximum atomic E-state index is 9.56. The number of hydrogen-bond acceptors (Lipinski definition) is 3. The summed E-state index contributed by atoms with van der Waals surface area (Å²) in [6.07, 6.45) is 6.33. The van der Waals surface area contributed by atoms with Crippen molar-refractivity contribution in [2.75, 3.05) is 13.1 Å². The normalized spacial score (nSPS) is 36.2. The summed E-state index contributed by atoms with van der Waals surface area (Å²) in [7, 11) is 0. The SMILES string of the molecule is CC(O)C1CCN(C2CCC(O)CC2)CC1. The molecule has 1 aliphatic carbocycles. The van der Waals surface area contributed by atoms with Crippen LogP contribution in [0.1, 0.15) is 45.4 Å². The molecule has 0 amide bonds. The Morgan fingerprint density at radius 1 is 1.00 bits per heavy atom. The van der Waals surface area contributed by atoms with Gasteiger partial charge in [0.25, 0.3) is 0 Å². The van der Waals surface area contributed by atoms with E-state index in [1.54, 1.807) is 0 Å². The Bertz CT molecular complexity index is 204. The molecule has 1 atom stereocenters. The summed E-state index contributed by atoms with van der Waals surface area (Å²) in [6.45, 7) is 4.18. The van der Waals surface area contributed by atoms with Gasteiger partial charge in [0.15, 0.2) is 0 Å². The Kier molecular flexibility index (Phi) is 4.22. The van der Waals surface area contributed by atoms with Crippen LogP contribution in [0.4, 0.5) is 0 Å². The number of piperidine rings is 1. The highest BCUT2D eigenvalue weighted by molar-refractivity contribution is 4.83. The van der Waals surface area contributed by atoms with Crippen LogP contribution in [0.25, 0.3) is 0 Å². The summed E-state index contributed by atoms with van der Waals surface area (Å²) >= 11 is 0. The molecule has 1 heterocycles. The van der Waals surface area contributed by atoms with E-state index in [4.69, 9.17) is 0 Å². The first kappa shape index (κ1) is 12.3. The lowest BCUT2D eigenvalue weighted by atomic mass is 9.87. The van der Waals surface area contributed by atoms with Gasteiger partial charge in [-0.05, 0) is 64.5 Å². The first-order chi connectivity index (χ1) is 7.66. The molecule has 1 saturated heterocycles. The summed E-state index contributed by atoms with van der Waals surface area (Å²) in [5.74, 6) is 0.505. The molecule has 0 radical (unpaired) electrons. The summed E-state index contributed by atoms with van der Waals surface area (Å²) < 4.78 is 0. The van der Waals surface area contributed by atoms with Crippen LogP contribution in [0.5, 0.6) is 0 Å². The zero-order valence-corrected chi connectivity index (χ0v) is 10.3. The third-order valence-electron chi connectivity index (χ3n) is 4.44. The number of aliphatic hydroxyl groups is 2. The summed E-state index contributed by atoms with van der Waals surface area (Å²) in [5, 5.41) is 19.0. The molecule has 1 unspecified atom stereocenters. The largest absolute Gasteiger partial charge is 0.393 e. The Morgan fingerprint density at radius 2 is 1.56 bits per heavy atom. The lowest BCUT2D eigenvalue weighted by Gasteiger charge is -2.40. The summed E-state index contributed by atoms with van der Waals surface area (Å²) in [6, 6.07) is 0.693. The highest BCUT2D eigenvalue weighted by Gasteiger charge is 2.29. The molecule has 1 saturated carbocycles. The Labute approximate surface area is 98.5 Å². The topological polar surface area (TPSA) is 43.7 Å². The van der Waals surface area contributed by atoms with Gasteiger partial charge in [0, 0.05) is 6.04 Å². The highest BCUT2D eigenvalue weighted by atomic mass is 16.3. The van der Waals surface area contributed by atoms with Gasteiger partial charge in [0.2, 0.25) is 0 Å². The van der Waals surface area contributed by atoms with E-state index < -0.39 is 0 Å². The van der Waals surface area contributed by atoms with Crippen LogP contribution in [-0.4, -0.2) is 46.5 Å². The maximum Gasteiger partial charge on any atom is 0.0541 e. The van der Waals surface area contributed by atoms with Gasteiger partial charge in [0.1, 0.15) is 0 Å². The monoisotopic (exact) mass is 227 g/mol. The van der Waals surface area contributed by atoms with Crippen LogP contribution in [0.15, 0.2) is 0 Å². The lowest BCUT2D eigenvalue weighted by molar-refractivity contribution is 0.0295. The van der Waals surface area contributed by atoms with E-state index in [0.29, 0.717) is 12.0 Å². The Balaban J connectivity index is 1.76. The molecule has 0 aromatic carbocycles. The van der Waals surface area contributed by atoms with Gasteiger partial charge in [-0.15, -0.1) is 0 Å². The molecule has 3 heteroatoms. The molecule has 0 bridgehead atoms. The van der Waals surface area contributed by atoms with E-state index >= 15 is 0 Å². The second-order valence-corrected chi connectivity index (χ2v) is 5.58. The van der Waals surface area contributed by atoms with Crippen molar-refractivity contribution in [3.63, 3.8) is 0 Å². The molecule has 16 heavy (non-hydrogen) atoms. The van der Waals surface area contributed by atoms with Crippen molar-refractivity contribution in [2.45, 2.75) is 63.7 Å². The van der Waals surface area contributed by atoms with Crippen LogP contribution in [0, 0.1) is 5.92 Å². The molecular weight excluding hydrogens is 202 g/mol. The first-order valence-corrected chi connectivity index (χ1v) is 6.77. The standard InChI is InChI=1S/C13H25NO2/c1-10(15)11-6-8-14(9-7-11)12-2-4-13(16)5-3-12/h10-13,15-16H,2-9H2,1H3. The van der Waals surface area contributed by atoms with E-state index in [1.165, 1.54) is 0 Å². The van der Waals surface area contributed by atoms with E-state index in [1.807, 2.05) is 6.92 Å². The third kappa shape index (κ3) is 2.96. The van der Waals surface area contributed by atoms with E-state index in [0.717, 1.165) is 51.6 Å². The quantitative estimate of drug-likeness (QED) is 0.749. The number of likely N-dealkylation sites (tertiary alicyclic amines) is 1. The third-order valence-corrected chi connectivity index (χ3v) is 4.44. The van der Waals surface area contributed by atoms with Crippen LogP contribution in [0.2, 0.25) is 0 Å². The number of aliphatic hydroxyl groups excluding tert-OH is 2. The molecule has 2 rings (SSSR count). The first-order valence-electron chi connectivity index (χ1n) is 6.77. The number of nitrogens with zero attached hydrogens (tertiary/aromatic N) is 1. The zero-order chi connectivity index (χ0) is 11.5. The maximum absolute atomic E-state index is 9.56.